The zero-order valence-electron chi connectivity index (χ0n) is 10.9. The van der Waals surface area contributed by atoms with Crippen LogP contribution < -0.4 is 5.32 Å². The summed E-state index contributed by atoms with van der Waals surface area (Å²) in [4.78, 5) is 23.0. The van der Waals surface area contributed by atoms with Crippen molar-refractivity contribution in [3.05, 3.63) is 41.8 Å². The Morgan fingerprint density at radius 2 is 1.89 bits per heavy atom. The molecule has 0 fully saturated rings. The van der Waals surface area contributed by atoms with E-state index in [9.17, 15) is 9.59 Å². The van der Waals surface area contributed by atoms with Gasteiger partial charge in [0.1, 0.15) is 6.04 Å². The third kappa shape index (κ3) is 4.47. The normalized spacial score (nSPS) is 11.7. The molecule has 99 valence electrons. The van der Waals surface area contributed by atoms with E-state index >= 15 is 0 Å². The van der Waals surface area contributed by atoms with Gasteiger partial charge in [0.15, 0.2) is 0 Å². The number of carbonyl (C=O) groups excluding carboxylic acids is 1. The maximum Gasteiger partial charge on any atom is 0.326 e. The highest BCUT2D eigenvalue weighted by Crippen LogP contribution is 2.08. The fourth-order valence-electron chi connectivity index (χ4n) is 1.64. The van der Waals surface area contributed by atoms with Crippen LogP contribution in [0.5, 0.6) is 0 Å². The smallest absolute Gasteiger partial charge is 0.326 e. The average molecular weight is 258 g/mol. The summed E-state index contributed by atoms with van der Waals surface area (Å²) in [6.45, 7) is 3.80. The minimum atomic E-state index is -1.04. The number of carbonyl (C=O) groups is 2. The Hall–Kier alpha value is -2.28. The van der Waals surface area contributed by atoms with Crippen LogP contribution in [0.2, 0.25) is 0 Å². The van der Waals surface area contributed by atoms with Gasteiger partial charge in [0.25, 0.3) is 5.91 Å². The molecule has 4 nitrogen and oxygen atoms in total. The summed E-state index contributed by atoms with van der Waals surface area (Å²) in [5, 5.41) is 11.5. The summed E-state index contributed by atoms with van der Waals surface area (Å²) in [6, 6.07) is 5.36. The standard InChI is InChI=1S/C15H16NO3/c1-4-11-5-7-12(8-6-11)14(17)16-13(15(18)19)9-10(2)3/h5-8,10,13H,9H2,2-3H3,(H,16,17)(H,18,19). The first-order valence-corrected chi connectivity index (χ1v) is 6.00. The van der Waals surface area contributed by atoms with E-state index in [-0.39, 0.29) is 5.92 Å². The number of carboxylic acids is 1. The van der Waals surface area contributed by atoms with Gasteiger partial charge in [-0.05, 0) is 43.0 Å². The molecule has 1 rings (SSSR count). The van der Waals surface area contributed by atoms with E-state index in [0.717, 1.165) is 0 Å². The molecule has 1 unspecified atom stereocenters. The molecule has 1 aromatic rings. The van der Waals surface area contributed by atoms with Crippen LogP contribution in [0.3, 0.4) is 0 Å². The third-order valence-corrected chi connectivity index (χ3v) is 2.60. The second kappa shape index (κ2) is 6.60. The van der Waals surface area contributed by atoms with Gasteiger partial charge in [0.05, 0.1) is 0 Å². The molecule has 0 aliphatic heterocycles. The lowest BCUT2D eigenvalue weighted by molar-refractivity contribution is -0.139. The molecular formula is C15H16NO3. The van der Waals surface area contributed by atoms with Crippen LogP contribution in [0.1, 0.15) is 36.2 Å². The van der Waals surface area contributed by atoms with E-state index in [1.807, 2.05) is 13.8 Å². The Morgan fingerprint density at radius 3 is 2.32 bits per heavy atom. The molecule has 1 aromatic carbocycles. The molecule has 4 heteroatoms. The summed E-state index contributed by atoms with van der Waals surface area (Å²) >= 11 is 0. The summed E-state index contributed by atoms with van der Waals surface area (Å²) < 4.78 is 0. The second-order valence-corrected chi connectivity index (χ2v) is 4.70. The van der Waals surface area contributed by atoms with Crippen molar-refractivity contribution in [2.75, 3.05) is 0 Å². The predicted octanol–water partition coefficient (Wildman–Crippen LogP) is 1.85. The van der Waals surface area contributed by atoms with Crippen molar-refractivity contribution in [3.63, 3.8) is 0 Å². The van der Waals surface area contributed by atoms with Crippen LogP contribution in [0.15, 0.2) is 24.3 Å². The predicted molar refractivity (Wildman–Crippen MR) is 71.0 cm³/mol. The minimum absolute atomic E-state index is 0.177. The van der Waals surface area contributed by atoms with Gasteiger partial charge in [-0.3, -0.25) is 4.79 Å². The number of rotatable bonds is 5. The van der Waals surface area contributed by atoms with Gasteiger partial charge < -0.3 is 10.4 Å². The number of benzene rings is 1. The molecule has 0 saturated heterocycles. The molecule has 2 N–H and O–H groups in total. The van der Waals surface area contributed by atoms with E-state index in [4.69, 9.17) is 11.5 Å². The van der Waals surface area contributed by atoms with Crippen LogP contribution in [-0.2, 0) is 4.79 Å². The lowest BCUT2D eigenvalue weighted by atomic mass is 10.0. The highest BCUT2D eigenvalue weighted by Gasteiger charge is 2.21. The van der Waals surface area contributed by atoms with Crippen LogP contribution in [0.25, 0.3) is 0 Å². The first kappa shape index (κ1) is 14.8. The molecule has 0 heterocycles. The number of hydrogen-bond donors (Lipinski definition) is 2. The number of aliphatic carboxylic acids is 1. The van der Waals surface area contributed by atoms with Gasteiger partial charge in [0, 0.05) is 11.1 Å². The minimum Gasteiger partial charge on any atom is -0.480 e. The molecule has 1 amide bonds. The lowest BCUT2D eigenvalue weighted by Crippen LogP contribution is -2.41. The van der Waals surface area contributed by atoms with Crippen molar-refractivity contribution in [2.24, 2.45) is 5.92 Å². The summed E-state index contributed by atoms with van der Waals surface area (Å²) in [5.74, 6) is 0.918. The molecule has 1 radical (unpaired) electrons. The van der Waals surface area contributed by atoms with Gasteiger partial charge in [-0.2, -0.15) is 0 Å². The molecule has 19 heavy (non-hydrogen) atoms. The first-order valence-electron chi connectivity index (χ1n) is 6.00. The summed E-state index contributed by atoms with van der Waals surface area (Å²) in [5.41, 5.74) is 0.933. The van der Waals surface area contributed by atoms with E-state index < -0.39 is 17.9 Å². The Balaban J connectivity index is 2.76. The maximum absolute atomic E-state index is 11.9. The van der Waals surface area contributed by atoms with Crippen molar-refractivity contribution in [1.82, 2.24) is 5.32 Å². The highest BCUT2D eigenvalue weighted by atomic mass is 16.4. The number of amides is 1. The van der Waals surface area contributed by atoms with Gasteiger partial charge in [-0.1, -0.05) is 19.8 Å². The van der Waals surface area contributed by atoms with Crippen molar-refractivity contribution in [1.29, 1.82) is 0 Å². The number of carboxylic acid groups (broad SMARTS) is 1. The van der Waals surface area contributed by atoms with E-state index in [1.54, 1.807) is 24.3 Å². The Bertz CT molecular complexity index is 497. The van der Waals surface area contributed by atoms with Crippen molar-refractivity contribution in [3.8, 4) is 5.92 Å². The Morgan fingerprint density at radius 1 is 1.32 bits per heavy atom. The van der Waals surface area contributed by atoms with Crippen LogP contribution in [0.4, 0.5) is 0 Å². The monoisotopic (exact) mass is 258 g/mol. The fourth-order valence-corrected chi connectivity index (χ4v) is 1.64. The first-order chi connectivity index (χ1) is 8.93. The SMILES string of the molecule is [C]#Cc1ccc(C(=O)NC(CC(C)C)C(=O)O)cc1. The molecule has 0 aliphatic rings. The Labute approximate surface area is 112 Å². The quantitative estimate of drug-likeness (QED) is 0.792. The van der Waals surface area contributed by atoms with E-state index in [0.29, 0.717) is 17.5 Å². The van der Waals surface area contributed by atoms with E-state index in [1.165, 1.54) is 0 Å². The Kier molecular flexibility index (Phi) is 5.13. The van der Waals surface area contributed by atoms with Gasteiger partial charge >= 0.3 is 5.97 Å². The molecule has 0 bridgehead atoms. The largest absolute Gasteiger partial charge is 0.480 e. The lowest BCUT2D eigenvalue weighted by Gasteiger charge is -2.16. The summed E-state index contributed by atoms with van der Waals surface area (Å²) in [6.07, 6.45) is 7.32. The second-order valence-electron chi connectivity index (χ2n) is 4.70. The van der Waals surface area contributed by atoms with E-state index in [2.05, 4.69) is 11.2 Å². The molecule has 0 saturated carbocycles. The number of nitrogens with one attached hydrogen (secondary N) is 1. The van der Waals surface area contributed by atoms with Crippen molar-refractivity contribution >= 4 is 11.9 Å². The van der Waals surface area contributed by atoms with Crippen LogP contribution >= 0.6 is 0 Å². The van der Waals surface area contributed by atoms with Gasteiger partial charge in [-0.25, -0.2) is 4.79 Å². The van der Waals surface area contributed by atoms with Crippen molar-refractivity contribution in [2.45, 2.75) is 26.3 Å². The van der Waals surface area contributed by atoms with Crippen molar-refractivity contribution < 1.29 is 14.7 Å². The maximum atomic E-state index is 11.9. The molecule has 0 aromatic heterocycles. The molecule has 0 aliphatic carbocycles. The molecule has 0 spiro atoms. The highest BCUT2D eigenvalue weighted by molar-refractivity contribution is 5.96. The van der Waals surface area contributed by atoms with Gasteiger partial charge in [-0.15, -0.1) is 0 Å². The molecule has 1 atom stereocenters. The number of hydrogen-bond acceptors (Lipinski definition) is 2. The van der Waals surface area contributed by atoms with Crippen LogP contribution in [0, 0.1) is 18.3 Å². The zero-order valence-corrected chi connectivity index (χ0v) is 10.9. The van der Waals surface area contributed by atoms with Gasteiger partial charge in [0.2, 0.25) is 0 Å². The molecular weight excluding hydrogens is 242 g/mol. The topological polar surface area (TPSA) is 66.4 Å². The zero-order chi connectivity index (χ0) is 14.4. The van der Waals surface area contributed by atoms with Crippen LogP contribution in [-0.4, -0.2) is 23.0 Å². The third-order valence-electron chi connectivity index (χ3n) is 2.60. The average Bonchev–Trinajstić information content (AvgIpc) is 2.37. The summed E-state index contributed by atoms with van der Waals surface area (Å²) in [7, 11) is 0. The fraction of sp³-hybridized carbons (Fsp3) is 0.333.